The lowest BCUT2D eigenvalue weighted by atomic mass is 9.74. The molecule has 1 heterocycles. The van der Waals surface area contributed by atoms with Crippen molar-refractivity contribution < 1.29 is 0 Å². The molecule has 0 N–H and O–H groups in total. The number of nitrogens with zero attached hydrogens (tertiary/aromatic N) is 1. The molecule has 0 bridgehead atoms. The van der Waals surface area contributed by atoms with Crippen LogP contribution in [-0.2, 0) is 10.8 Å². The van der Waals surface area contributed by atoms with Crippen molar-refractivity contribution in [2.24, 2.45) is 0 Å². The van der Waals surface area contributed by atoms with Gasteiger partial charge in [-0.1, -0.05) is 153 Å². The second-order valence-electron chi connectivity index (χ2n) is 16.0. The highest BCUT2D eigenvalue weighted by Gasteiger charge is 2.53. The summed E-state index contributed by atoms with van der Waals surface area (Å²) in [6, 6.07) is 70.3. The topological polar surface area (TPSA) is 3.24 Å². The molecule has 3 aliphatic rings. The van der Waals surface area contributed by atoms with Crippen molar-refractivity contribution in [2.75, 3.05) is 4.90 Å². The zero-order valence-electron chi connectivity index (χ0n) is 31.3. The van der Waals surface area contributed by atoms with Gasteiger partial charge >= 0.3 is 0 Å². The minimum Gasteiger partial charge on any atom is -0.310 e. The fourth-order valence-corrected chi connectivity index (χ4v) is 11.8. The van der Waals surface area contributed by atoms with Crippen LogP contribution in [0.25, 0.3) is 54.6 Å². The molecule has 1 aromatic heterocycles. The predicted octanol–water partition coefficient (Wildman–Crippen LogP) is 14.7. The maximum absolute atomic E-state index is 2.51. The van der Waals surface area contributed by atoms with Crippen LogP contribution < -0.4 is 4.90 Å². The van der Waals surface area contributed by atoms with Gasteiger partial charge in [0.1, 0.15) is 0 Å². The summed E-state index contributed by atoms with van der Waals surface area (Å²) < 4.78 is 1.34. The molecule has 3 aliphatic carbocycles. The van der Waals surface area contributed by atoms with Crippen LogP contribution in [0.3, 0.4) is 0 Å². The van der Waals surface area contributed by atoms with E-state index in [0.29, 0.717) is 0 Å². The fourth-order valence-electron chi connectivity index (χ4n) is 10.4. The molecule has 9 aromatic rings. The van der Waals surface area contributed by atoms with Gasteiger partial charge in [0.15, 0.2) is 0 Å². The summed E-state index contributed by atoms with van der Waals surface area (Å²) >= 11 is 1.97. The number of hydrogen-bond donors (Lipinski definition) is 0. The summed E-state index contributed by atoms with van der Waals surface area (Å²) in [7, 11) is 0. The lowest BCUT2D eigenvalue weighted by Crippen LogP contribution is -2.25. The normalized spacial score (nSPS) is 16.2. The number of benzene rings is 8. The quantitative estimate of drug-likeness (QED) is 0.174. The highest BCUT2D eigenvalue weighted by atomic mass is 32.1. The Morgan fingerprint density at radius 1 is 0.393 bits per heavy atom. The second-order valence-corrected chi connectivity index (χ2v) is 17.1. The molecule has 56 heavy (non-hydrogen) atoms. The third kappa shape index (κ3) is 4.14. The van der Waals surface area contributed by atoms with Crippen LogP contribution in [0.1, 0.15) is 46.5 Å². The van der Waals surface area contributed by atoms with Crippen LogP contribution in [0.4, 0.5) is 17.1 Å². The summed E-state index contributed by atoms with van der Waals surface area (Å²) in [4.78, 5) is 3.90. The van der Waals surface area contributed by atoms with Crippen LogP contribution in [-0.4, -0.2) is 0 Å². The highest BCUT2D eigenvalue weighted by Crippen LogP contribution is 2.66. The highest BCUT2D eigenvalue weighted by molar-refractivity contribution is 7.20. The smallest absolute Gasteiger partial charge is 0.0820 e. The Labute approximate surface area is 331 Å². The Kier molecular flexibility index (Phi) is 6.55. The van der Waals surface area contributed by atoms with E-state index in [-0.39, 0.29) is 5.41 Å². The molecular weight excluding hydrogens is 695 g/mol. The fraction of sp³-hybridized carbons (Fsp3) is 0.0741. The van der Waals surface area contributed by atoms with Crippen molar-refractivity contribution >= 4 is 38.5 Å². The van der Waals surface area contributed by atoms with E-state index in [1.54, 1.807) is 0 Å². The number of thiophene rings is 1. The number of rotatable bonds is 4. The average molecular weight is 732 g/mol. The zero-order chi connectivity index (χ0) is 37.2. The maximum atomic E-state index is 2.51. The number of fused-ring (bicyclic) bond motifs is 15. The molecule has 264 valence electrons. The molecular formula is C54H37NS. The Bertz CT molecular complexity index is 3060. The number of hydrogen-bond acceptors (Lipinski definition) is 2. The van der Waals surface area contributed by atoms with Crippen LogP contribution in [0.15, 0.2) is 188 Å². The van der Waals surface area contributed by atoms with E-state index >= 15 is 0 Å². The van der Waals surface area contributed by atoms with Gasteiger partial charge in [0, 0.05) is 43.0 Å². The van der Waals surface area contributed by atoms with Gasteiger partial charge in [-0.15, -0.1) is 11.3 Å². The molecule has 12 rings (SSSR count). The van der Waals surface area contributed by atoms with Gasteiger partial charge in [-0.25, -0.2) is 0 Å². The van der Waals surface area contributed by atoms with E-state index in [0.717, 1.165) is 17.1 Å². The molecule has 1 spiro atoms. The minimum absolute atomic E-state index is 0.164. The van der Waals surface area contributed by atoms with Gasteiger partial charge in [-0.05, 0) is 115 Å². The standard InChI is InChI=1S/C54H37NS/c1-53(2)47-31-35(34-15-5-3-6-16-34)25-28-40(47)41-29-26-37(32-48(41)53)55(36-17-7-4-8-18-36)38-27-30-42-39-19-9-12-22-45(39)54(49(42)33-38)46-23-13-10-20-43(46)51-44-21-11-14-24-50(44)56-52(51)54/h3-33H,1-2H3. The molecule has 0 fully saturated rings. The second kappa shape index (κ2) is 11.5. The summed E-state index contributed by atoms with van der Waals surface area (Å²) in [6.45, 7) is 4.78. The first-order chi connectivity index (χ1) is 27.5. The first-order valence-electron chi connectivity index (χ1n) is 19.6. The molecule has 8 aromatic carbocycles. The zero-order valence-corrected chi connectivity index (χ0v) is 32.1. The summed E-state index contributed by atoms with van der Waals surface area (Å²) in [5.74, 6) is 0. The van der Waals surface area contributed by atoms with Crippen molar-refractivity contribution in [3.63, 3.8) is 0 Å². The van der Waals surface area contributed by atoms with Crippen LogP contribution in [0, 0.1) is 0 Å². The SMILES string of the molecule is CC1(C)c2cc(-c3ccccc3)ccc2-c2ccc(N(c3ccccc3)c3ccc4c(c3)C3(c5ccccc5-4)c4ccccc4-c4c3sc3ccccc43)cc21. The van der Waals surface area contributed by atoms with Crippen molar-refractivity contribution in [2.45, 2.75) is 24.7 Å². The van der Waals surface area contributed by atoms with E-state index in [2.05, 4.69) is 207 Å². The molecule has 1 nitrogen and oxygen atoms in total. The van der Waals surface area contributed by atoms with Gasteiger partial charge in [0.05, 0.1) is 5.41 Å². The van der Waals surface area contributed by atoms with E-state index in [4.69, 9.17) is 0 Å². The Morgan fingerprint density at radius 2 is 0.929 bits per heavy atom. The predicted molar refractivity (Wildman–Crippen MR) is 236 cm³/mol. The molecule has 0 amide bonds. The molecule has 1 unspecified atom stereocenters. The van der Waals surface area contributed by atoms with Crippen LogP contribution >= 0.6 is 11.3 Å². The van der Waals surface area contributed by atoms with Gasteiger partial charge in [0.2, 0.25) is 0 Å². The number of para-hydroxylation sites is 1. The summed E-state index contributed by atoms with van der Waals surface area (Å²) in [5, 5.41) is 1.35. The first kappa shape index (κ1) is 31.8. The summed E-state index contributed by atoms with van der Waals surface area (Å²) in [6.07, 6.45) is 0. The molecule has 0 saturated heterocycles. The largest absolute Gasteiger partial charge is 0.310 e. The lowest BCUT2D eigenvalue weighted by molar-refractivity contribution is 0.660. The third-order valence-electron chi connectivity index (χ3n) is 12.9. The van der Waals surface area contributed by atoms with E-state index in [9.17, 15) is 0 Å². The lowest BCUT2D eigenvalue weighted by Gasteiger charge is -2.32. The summed E-state index contributed by atoms with van der Waals surface area (Å²) in [5.41, 5.74) is 20.3. The van der Waals surface area contributed by atoms with E-state index < -0.39 is 5.41 Å². The molecule has 1 atom stereocenters. The molecule has 0 radical (unpaired) electrons. The van der Waals surface area contributed by atoms with Gasteiger partial charge in [-0.3, -0.25) is 0 Å². The number of anilines is 3. The van der Waals surface area contributed by atoms with Gasteiger partial charge in [-0.2, -0.15) is 0 Å². The average Bonchev–Trinajstić information content (AvgIpc) is 3.93. The minimum atomic E-state index is -0.405. The van der Waals surface area contributed by atoms with Crippen LogP contribution in [0.5, 0.6) is 0 Å². The van der Waals surface area contributed by atoms with E-state index in [1.807, 2.05) is 11.3 Å². The third-order valence-corrected chi connectivity index (χ3v) is 14.2. The molecule has 0 aliphatic heterocycles. The Morgan fingerprint density at radius 3 is 1.68 bits per heavy atom. The van der Waals surface area contributed by atoms with Crippen molar-refractivity contribution in [1.82, 2.24) is 0 Å². The van der Waals surface area contributed by atoms with Crippen LogP contribution in [0.2, 0.25) is 0 Å². The van der Waals surface area contributed by atoms with Crippen molar-refractivity contribution in [3.05, 3.63) is 221 Å². The van der Waals surface area contributed by atoms with Crippen molar-refractivity contribution in [1.29, 1.82) is 0 Å². The van der Waals surface area contributed by atoms with Gasteiger partial charge in [0.25, 0.3) is 0 Å². The first-order valence-corrected chi connectivity index (χ1v) is 20.4. The maximum Gasteiger partial charge on any atom is 0.0820 e. The monoisotopic (exact) mass is 731 g/mol. The van der Waals surface area contributed by atoms with E-state index in [1.165, 1.54) is 87.3 Å². The molecule has 2 heteroatoms. The molecule has 0 saturated carbocycles. The van der Waals surface area contributed by atoms with Gasteiger partial charge < -0.3 is 4.90 Å². The Hall–Kier alpha value is -6.48. The van der Waals surface area contributed by atoms with Crippen molar-refractivity contribution in [3.8, 4) is 44.5 Å². The Balaban J connectivity index is 1.07.